The molecule has 1 aliphatic rings. The molecule has 0 saturated heterocycles. The maximum absolute atomic E-state index is 5.87. The summed E-state index contributed by atoms with van der Waals surface area (Å²) >= 11 is 0. The fourth-order valence-corrected chi connectivity index (χ4v) is 2.56. The zero-order chi connectivity index (χ0) is 12.6. The first-order valence-electron chi connectivity index (χ1n) is 6.53. The molecule has 0 aliphatic carbocycles. The first-order chi connectivity index (χ1) is 8.00. The summed E-state index contributed by atoms with van der Waals surface area (Å²) in [6.45, 7) is 11.7. The summed E-state index contributed by atoms with van der Waals surface area (Å²) < 4.78 is 5.87. The van der Waals surface area contributed by atoms with Gasteiger partial charge in [0.1, 0.15) is 12.4 Å². The number of nitrogens with one attached hydrogen (secondary N) is 1. The van der Waals surface area contributed by atoms with Crippen LogP contribution in [0, 0.1) is 6.92 Å². The maximum atomic E-state index is 5.87. The monoisotopic (exact) mass is 233 g/mol. The van der Waals surface area contributed by atoms with Gasteiger partial charge in [-0.3, -0.25) is 0 Å². The van der Waals surface area contributed by atoms with Crippen LogP contribution in [0.25, 0.3) is 0 Å². The standard InChI is InChI=1S/C15H23NO/c1-9(2)12-7-6-11(5)15-14(12)13(8-17-15)16-10(3)4/h6-7,9-10,13,16H,8H2,1-5H3. The number of hydrogen-bond donors (Lipinski definition) is 1. The average molecular weight is 233 g/mol. The van der Waals surface area contributed by atoms with Crippen molar-refractivity contribution in [2.75, 3.05) is 6.61 Å². The van der Waals surface area contributed by atoms with Gasteiger partial charge < -0.3 is 10.1 Å². The van der Waals surface area contributed by atoms with Crippen molar-refractivity contribution in [2.24, 2.45) is 0 Å². The van der Waals surface area contributed by atoms with Crippen LogP contribution < -0.4 is 10.1 Å². The Labute approximate surface area is 104 Å². The van der Waals surface area contributed by atoms with Gasteiger partial charge in [0.15, 0.2) is 0 Å². The largest absolute Gasteiger partial charge is 0.491 e. The van der Waals surface area contributed by atoms with Crippen LogP contribution in [0.4, 0.5) is 0 Å². The van der Waals surface area contributed by atoms with E-state index in [1.54, 1.807) is 0 Å². The molecule has 0 bridgehead atoms. The summed E-state index contributed by atoms with van der Waals surface area (Å²) in [5, 5.41) is 3.60. The molecular weight excluding hydrogens is 210 g/mol. The van der Waals surface area contributed by atoms with E-state index in [1.165, 1.54) is 16.7 Å². The van der Waals surface area contributed by atoms with Gasteiger partial charge in [0.2, 0.25) is 0 Å². The molecule has 1 aromatic carbocycles. The number of aryl methyl sites for hydroxylation is 1. The van der Waals surface area contributed by atoms with E-state index >= 15 is 0 Å². The molecule has 17 heavy (non-hydrogen) atoms. The van der Waals surface area contributed by atoms with E-state index in [1.807, 2.05) is 0 Å². The van der Waals surface area contributed by atoms with Gasteiger partial charge in [-0.2, -0.15) is 0 Å². The molecule has 0 saturated carbocycles. The summed E-state index contributed by atoms with van der Waals surface area (Å²) in [5.41, 5.74) is 4.05. The summed E-state index contributed by atoms with van der Waals surface area (Å²) in [6.07, 6.45) is 0. The van der Waals surface area contributed by atoms with Gasteiger partial charge in [-0.15, -0.1) is 0 Å². The van der Waals surface area contributed by atoms with Crippen molar-refractivity contribution in [1.29, 1.82) is 0 Å². The van der Waals surface area contributed by atoms with Crippen LogP contribution in [0.5, 0.6) is 5.75 Å². The Bertz CT molecular complexity index is 410. The fraction of sp³-hybridized carbons (Fsp3) is 0.600. The number of ether oxygens (including phenoxy) is 1. The average Bonchev–Trinajstić information content (AvgIpc) is 2.62. The zero-order valence-electron chi connectivity index (χ0n) is 11.5. The summed E-state index contributed by atoms with van der Waals surface area (Å²) in [7, 11) is 0. The molecule has 0 spiro atoms. The Kier molecular flexibility index (Phi) is 3.43. The van der Waals surface area contributed by atoms with Gasteiger partial charge in [-0.1, -0.05) is 39.8 Å². The van der Waals surface area contributed by atoms with Gasteiger partial charge in [0.05, 0.1) is 6.04 Å². The molecule has 2 heteroatoms. The number of rotatable bonds is 3. The predicted molar refractivity (Wildman–Crippen MR) is 71.8 cm³/mol. The lowest BCUT2D eigenvalue weighted by molar-refractivity contribution is 0.301. The van der Waals surface area contributed by atoms with E-state index in [9.17, 15) is 0 Å². The minimum atomic E-state index is 0.349. The first kappa shape index (κ1) is 12.4. The first-order valence-corrected chi connectivity index (χ1v) is 6.53. The quantitative estimate of drug-likeness (QED) is 0.862. The molecule has 1 heterocycles. The smallest absolute Gasteiger partial charge is 0.127 e. The number of benzene rings is 1. The second-order valence-corrected chi connectivity index (χ2v) is 5.55. The minimum absolute atomic E-state index is 0.349. The van der Waals surface area contributed by atoms with Gasteiger partial charge in [-0.05, 0) is 24.0 Å². The maximum Gasteiger partial charge on any atom is 0.127 e. The highest BCUT2D eigenvalue weighted by Crippen LogP contribution is 2.40. The summed E-state index contributed by atoms with van der Waals surface area (Å²) in [4.78, 5) is 0. The van der Waals surface area contributed by atoms with Crippen LogP contribution >= 0.6 is 0 Å². The Balaban J connectivity index is 2.44. The molecule has 1 aromatic rings. The Hall–Kier alpha value is -1.02. The highest BCUT2D eigenvalue weighted by atomic mass is 16.5. The SMILES string of the molecule is Cc1ccc(C(C)C)c2c1OCC2NC(C)C. The van der Waals surface area contributed by atoms with E-state index in [4.69, 9.17) is 4.74 Å². The normalized spacial score (nSPS) is 18.6. The van der Waals surface area contributed by atoms with Gasteiger partial charge in [0, 0.05) is 11.6 Å². The molecule has 1 unspecified atom stereocenters. The summed E-state index contributed by atoms with van der Waals surface area (Å²) in [6, 6.07) is 5.26. The Morgan fingerprint density at radius 3 is 2.53 bits per heavy atom. The Morgan fingerprint density at radius 1 is 1.24 bits per heavy atom. The van der Waals surface area contributed by atoms with Crippen molar-refractivity contribution in [3.63, 3.8) is 0 Å². The van der Waals surface area contributed by atoms with Crippen molar-refractivity contribution in [3.8, 4) is 5.75 Å². The summed E-state index contributed by atoms with van der Waals surface area (Å²) in [5.74, 6) is 1.65. The highest BCUT2D eigenvalue weighted by Gasteiger charge is 2.29. The third kappa shape index (κ3) is 2.32. The van der Waals surface area contributed by atoms with Crippen LogP contribution in [-0.2, 0) is 0 Å². The third-order valence-corrected chi connectivity index (χ3v) is 3.33. The number of hydrogen-bond acceptors (Lipinski definition) is 2. The molecular formula is C15H23NO. The molecule has 0 amide bonds. The van der Waals surface area contributed by atoms with Gasteiger partial charge in [-0.25, -0.2) is 0 Å². The van der Waals surface area contributed by atoms with Crippen LogP contribution in [0.2, 0.25) is 0 Å². The second kappa shape index (κ2) is 4.69. The molecule has 1 atom stereocenters. The lowest BCUT2D eigenvalue weighted by atomic mass is 9.91. The molecule has 2 rings (SSSR count). The molecule has 0 aromatic heterocycles. The van der Waals surface area contributed by atoms with E-state index < -0.39 is 0 Å². The molecule has 94 valence electrons. The van der Waals surface area contributed by atoms with E-state index in [0.717, 1.165) is 12.4 Å². The van der Waals surface area contributed by atoms with E-state index in [0.29, 0.717) is 18.0 Å². The van der Waals surface area contributed by atoms with Crippen LogP contribution in [0.3, 0.4) is 0 Å². The van der Waals surface area contributed by atoms with Crippen molar-refractivity contribution in [2.45, 2.75) is 52.6 Å². The van der Waals surface area contributed by atoms with Gasteiger partial charge in [0.25, 0.3) is 0 Å². The predicted octanol–water partition coefficient (Wildman–Crippen LogP) is 3.55. The van der Waals surface area contributed by atoms with Crippen molar-refractivity contribution < 1.29 is 4.74 Å². The minimum Gasteiger partial charge on any atom is -0.491 e. The van der Waals surface area contributed by atoms with Crippen LogP contribution in [-0.4, -0.2) is 12.6 Å². The molecule has 0 fully saturated rings. The third-order valence-electron chi connectivity index (χ3n) is 3.33. The lowest BCUT2D eigenvalue weighted by Crippen LogP contribution is -2.29. The van der Waals surface area contributed by atoms with E-state index in [-0.39, 0.29) is 0 Å². The number of fused-ring (bicyclic) bond motifs is 1. The zero-order valence-corrected chi connectivity index (χ0v) is 11.5. The van der Waals surface area contributed by atoms with Gasteiger partial charge >= 0.3 is 0 Å². The van der Waals surface area contributed by atoms with Crippen molar-refractivity contribution >= 4 is 0 Å². The topological polar surface area (TPSA) is 21.3 Å². The second-order valence-electron chi connectivity index (χ2n) is 5.55. The molecule has 1 aliphatic heterocycles. The van der Waals surface area contributed by atoms with Crippen LogP contribution in [0.15, 0.2) is 12.1 Å². The highest BCUT2D eigenvalue weighted by molar-refractivity contribution is 5.51. The Morgan fingerprint density at radius 2 is 1.94 bits per heavy atom. The van der Waals surface area contributed by atoms with Crippen molar-refractivity contribution in [3.05, 3.63) is 28.8 Å². The van der Waals surface area contributed by atoms with Crippen molar-refractivity contribution in [1.82, 2.24) is 5.32 Å². The fourth-order valence-electron chi connectivity index (χ4n) is 2.56. The lowest BCUT2D eigenvalue weighted by Gasteiger charge is -2.19. The van der Waals surface area contributed by atoms with Crippen LogP contribution in [0.1, 0.15) is 56.3 Å². The molecule has 0 radical (unpaired) electrons. The molecule has 1 N–H and O–H groups in total. The molecule has 2 nitrogen and oxygen atoms in total. The van der Waals surface area contributed by atoms with E-state index in [2.05, 4.69) is 52.1 Å².